The van der Waals surface area contributed by atoms with Gasteiger partial charge in [-0.05, 0) is 47.5 Å². The standard InChI is InChI=1S/C25H22N4O3/c1-31-25(30)19-7-5-6-17(14-19)15-27-24-22(23(26)28-16-29-24)18-10-12-21(13-11-18)32-20-8-3-2-4-9-20/h2-14,16H,15H2,1H3,(H3,26,27,28,29). The SMILES string of the molecule is COC(=O)c1cccc(CNc2ncnc(N)c2-c2ccc(Oc3ccccc3)cc2)c1. The first-order valence-electron chi connectivity index (χ1n) is 9.99. The molecule has 0 unspecified atom stereocenters. The number of esters is 1. The van der Waals surface area contributed by atoms with Crippen molar-refractivity contribution >= 4 is 17.6 Å². The van der Waals surface area contributed by atoms with Gasteiger partial charge in [-0.3, -0.25) is 0 Å². The summed E-state index contributed by atoms with van der Waals surface area (Å²) in [5.41, 5.74) is 9.13. The Morgan fingerprint density at radius 1 is 0.938 bits per heavy atom. The zero-order valence-electron chi connectivity index (χ0n) is 17.5. The first kappa shape index (κ1) is 20.9. The maximum Gasteiger partial charge on any atom is 0.337 e. The molecular weight excluding hydrogens is 404 g/mol. The molecule has 0 aliphatic carbocycles. The van der Waals surface area contributed by atoms with Crippen molar-refractivity contribution in [3.05, 3.63) is 96.3 Å². The van der Waals surface area contributed by atoms with Crippen LogP contribution in [0.3, 0.4) is 0 Å². The number of hydrogen-bond donors (Lipinski definition) is 2. The van der Waals surface area contributed by atoms with Crippen LogP contribution in [0.1, 0.15) is 15.9 Å². The molecule has 32 heavy (non-hydrogen) atoms. The van der Waals surface area contributed by atoms with Crippen molar-refractivity contribution in [1.29, 1.82) is 0 Å². The zero-order valence-corrected chi connectivity index (χ0v) is 17.5. The summed E-state index contributed by atoms with van der Waals surface area (Å²) >= 11 is 0. The number of nitrogens with one attached hydrogen (secondary N) is 1. The van der Waals surface area contributed by atoms with E-state index < -0.39 is 0 Å². The Balaban J connectivity index is 1.54. The molecule has 0 atom stereocenters. The van der Waals surface area contributed by atoms with Crippen LogP contribution in [0.25, 0.3) is 11.1 Å². The molecule has 0 aliphatic rings. The number of hydrogen-bond acceptors (Lipinski definition) is 7. The van der Waals surface area contributed by atoms with E-state index in [2.05, 4.69) is 15.3 Å². The summed E-state index contributed by atoms with van der Waals surface area (Å²) in [5, 5.41) is 3.29. The Labute approximate surface area is 185 Å². The highest BCUT2D eigenvalue weighted by molar-refractivity contribution is 5.89. The van der Waals surface area contributed by atoms with Gasteiger partial charge in [0.25, 0.3) is 0 Å². The Morgan fingerprint density at radius 3 is 2.44 bits per heavy atom. The van der Waals surface area contributed by atoms with E-state index in [1.807, 2.05) is 66.7 Å². The summed E-state index contributed by atoms with van der Waals surface area (Å²) < 4.78 is 10.6. The lowest BCUT2D eigenvalue weighted by molar-refractivity contribution is 0.0600. The van der Waals surface area contributed by atoms with Gasteiger partial charge in [-0.15, -0.1) is 0 Å². The number of methoxy groups -OCH3 is 1. The van der Waals surface area contributed by atoms with E-state index >= 15 is 0 Å². The molecule has 0 bridgehead atoms. The van der Waals surface area contributed by atoms with E-state index in [0.717, 1.165) is 16.9 Å². The van der Waals surface area contributed by atoms with Gasteiger partial charge in [-0.1, -0.05) is 42.5 Å². The average molecular weight is 426 g/mol. The molecule has 0 fully saturated rings. The highest BCUT2D eigenvalue weighted by atomic mass is 16.5. The highest BCUT2D eigenvalue weighted by Crippen LogP contribution is 2.32. The third kappa shape index (κ3) is 4.84. The van der Waals surface area contributed by atoms with Crippen LogP contribution >= 0.6 is 0 Å². The van der Waals surface area contributed by atoms with Crippen LogP contribution in [0, 0.1) is 0 Å². The number of nitrogen functional groups attached to an aromatic ring is 1. The van der Waals surface area contributed by atoms with Crippen molar-refractivity contribution in [2.75, 3.05) is 18.2 Å². The summed E-state index contributed by atoms with van der Waals surface area (Å²) in [7, 11) is 1.36. The number of nitrogens with two attached hydrogens (primary N) is 1. The van der Waals surface area contributed by atoms with Gasteiger partial charge >= 0.3 is 5.97 Å². The minimum atomic E-state index is -0.378. The molecule has 3 aromatic carbocycles. The Kier molecular flexibility index (Phi) is 6.27. The topological polar surface area (TPSA) is 99.4 Å². The number of benzene rings is 3. The summed E-state index contributed by atoms with van der Waals surface area (Å²) in [6.45, 7) is 0.448. The molecule has 1 aromatic heterocycles. The predicted molar refractivity (Wildman–Crippen MR) is 124 cm³/mol. The van der Waals surface area contributed by atoms with Crippen LogP contribution in [-0.2, 0) is 11.3 Å². The fourth-order valence-corrected chi connectivity index (χ4v) is 3.24. The fraction of sp³-hybridized carbons (Fsp3) is 0.0800. The lowest BCUT2D eigenvalue weighted by Gasteiger charge is -2.14. The first-order chi connectivity index (χ1) is 15.6. The number of anilines is 2. The van der Waals surface area contributed by atoms with Crippen molar-refractivity contribution in [2.24, 2.45) is 0 Å². The van der Waals surface area contributed by atoms with Gasteiger partial charge in [0.2, 0.25) is 0 Å². The molecule has 0 saturated heterocycles. The van der Waals surface area contributed by atoms with Gasteiger partial charge < -0.3 is 20.5 Å². The monoisotopic (exact) mass is 426 g/mol. The van der Waals surface area contributed by atoms with Crippen molar-refractivity contribution < 1.29 is 14.3 Å². The number of rotatable bonds is 7. The Bertz CT molecular complexity index is 1210. The number of ether oxygens (including phenoxy) is 2. The highest BCUT2D eigenvalue weighted by Gasteiger charge is 2.13. The smallest absolute Gasteiger partial charge is 0.337 e. The molecule has 0 amide bonds. The molecule has 4 aromatic rings. The second-order valence-electron chi connectivity index (χ2n) is 6.97. The maximum atomic E-state index is 11.8. The second kappa shape index (κ2) is 9.61. The van der Waals surface area contributed by atoms with Crippen LogP contribution in [0.2, 0.25) is 0 Å². The quantitative estimate of drug-likeness (QED) is 0.405. The molecule has 7 heteroatoms. The van der Waals surface area contributed by atoms with Crippen LogP contribution in [0.4, 0.5) is 11.6 Å². The van der Waals surface area contributed by atoms with Crippen molar-refractivity contribution in [1.82, 2.24) is 9.97 Å². The van der Waals surface area contributed by atoms with Crippen LogP contribution in [0.15, 0.2) is 85.2 Å². The molecule has 1 heterocycles. The summed E-state index contributed by atoms with van der Waals surface area (Å²) in [5.74, 6) is 2.06. The zero-order chi connectivity index (χ0) is 22.3. The van der Waals surface area contributed by atoms with E-state index in [-0.39, 0.29) is 5.97 Å². The maximum absolute atomic E-state index is 11.8. The normalized spacial score (nSPS) is 10.4. The second-order valence-corrected chi connectivity index (χ2v) is 6.97. The van der Waals surface area contributed by atoms with E-state index in [1.165, 1.54) is 13.4 Å². The molecule has 7 nitrogen and oxygen atoms in total. The Hall–Kier alpha value is -4.39. The van der Waals surface area contributed by atoms with Crippen LogP contribution in [0.5, 0.6) is 11.5 Å². The minimum Gasteiger partial charge on any atom is -0.465 e. The Morgan fingerprint density at radius 2 is 1.69 bits per heavy atom. The van der Waals surface area contributed by atoms with Gasteiger partial charge in [0.05, 0.1) is 18.2 Å². The largest absolute Gasteiger partial charge is 0.465 e. The average Bonchev–Trinajstić information content (AvgIpc) is 2.84. The van der Waals surface area contributed by atoms with Gasteiger partial charge in [0.15, 0.2) is 0 Å². The lowest BCUT2D eigenvalue weighted by Crippen LogP contribution is -2.07. The van der Waals surface area contributed by atoms with Gasteiger partial charge in [0, 0.05) is 6.54 Å². The van der Waals surface area contributed by atoms with E-state index in [1.54, 1.807) is 12.1 Å². The summed E-state index contributed by atoms with van der Waals surface area (Å²) in [4.78, 5) is 20.3. The molecule has 160 valence electrons. The molecule has 3 N–H and O–H groups in total. The van der Waals surface area contributed by atoms with Gasteiger partial charge in [-0.2, -0.15) is 0 Å². The van der Waals surface area contributed by atoms with Crippen molar-refractivity contribution in [2.45, 2.75) is 6.54 Å². The number of carbonyl (C=O) groups is 1. The minimum absolute atomic E-state index is 0.363. The van der Waals surface area contributed by atoms with E-state index in [9.17, 15) is 4.79 Å². The molecule has 0 saturated carbocycles. The summed E-state index contributed by atoms with van der Waals surface area (Å²) in [6.07, 6.45) is 1.42. The molecule has 4 rings (SSSR count). The fourth-order valence-electron chi connectivity index (χ4n) is 3.24. The van der Waals surface area contributed by atoms with Crippen LogP contribution < -0.4 is 15.8 Å². The van der Waals surface area contributed by atoms with Gasteiger partial charge in [0.1, 0.15) is 29.5 Å². The van der Waals surface area contributed by atoms with E-state index in [4.69, 9.17) is 15.2 Å². The predicted octanol–water partition coefficient (Wildman–Crippen LogP) is 4.92. The van der Waals surface area contributed by atoms with Gasteiger partial charge in [-0.25, -0.2) is 14.8 Å². The molecule has 0 radical (unpaired) electrons. The molecule has 0 aliphatic heterocycles. The van der Waals surface area contributed by atoms with Crippen molar-refractivity contribution in [3.8, 4) is 22.6 Å². The number of carbonyl (C=O) groups excluding carboxylic acids is 1. The van der Waals surface area contributed by atoms with E-state index in [0.29, 0.717) is 35.1 Å². The summed E-state index contributed by atoms with van der Waals surface area (Å²) in [6, 6.07) is 24.4. The number of nitrogens with zero attached hydrogens (tertiary/aromatic N) is 2. The van der Waals surface area contributed by atoms with Crippen LogP contribution in [-0.4, -0.2) is 23.0 Å². The molecule has 0 spiro atoms. The molecular formula is C25H22N4O3. The van der Waals surface area contributed by atoms with Crippen molar-refractivity contribution in [3.63, 3.8) is 0 Å². The number of aromatic nitrogens is 2. The first-order valence-corrected chi connectivity index (χ1v) is 9.99. The lowest BCUT2D eigenvalue weighted by atomic mass is 10.1. The number of para-hydroxylation sites is 1. The third-order valence-electron chi connectivity index (χ3n) is 4.81. The third-order valence-corrected chi connectivity index (χ3v) is 4.81.